The van der Waals surface area contributed by atoms with Crippen molar-refractivity contribution in [2.75, 3.05) is 6.61 Å². The first-order valence-electron chi connectivity index (χ1n) is 5.26. The molecule has 2 rings (SSSR count). The fraction of sp³-hybridized carbons (Fsp3) is 0.333. The topological polar surface area (TPSA) is 58.9 Å². The minimum absolute atomic E-state index is 0.383. The van der Waals surface area contributed by atoms with E-state index in [-0.39, 0.29) is 6.61 Å². The number of rotatable bonds is 3. The Hall–Kier alpha value is -1.84. The van der Waals surface area contributed by atoms with Crippen molar-refractivity contribution in [1.29, 1.82) is 0 Å². The van der Waals surface area contributed by atoms with Gasteiger partial charge < -0.3 is 9.94 Å². The molecule has 1 aromatic carbocycles. The zero-order valence-corrected chi connectivity index (χ0v) is 8.85. The summed E-state index contributed by atoms with van der Waals surface area (Å²) in [4.78, 5) is 15.1. The Bertz CT molecular complexity index is 426. The van der Waals surface area contributed by atoms with Gasteiger partial charge in [-0.2, -0.15) is 0 Å². The Kier molecular flexibility index (Phi) is 3.19. The number of carbonyl (C=O) groups is 1. The maximum atomic E-state index is 10.3. The van der Waals surface area contributed by atoms with Gasteiger partial charge in [0.15, 0.2) is 0 Å². The van der Waals surface area contributed by atoms with Crippen LogP contribution in [-0.4, -0.2) is 23.4 Å². The number of aryl methyl sites for hydroxylation is 1. The number of oxime groups is 1. The molecule has 1 N–H and O–H groups in total. The van der Waals surface area contributed by atoms with Crippen LogP contribution in [0.15, 0.2) is 29.4 Å². The van der Waals surface area contributed by atoms with Gasteiger partial charge in [-0.1, -0.05) is 29.4 Å². The van der Waals surface area contributed by atoms with Gasteiger partial charge in [0.1, 0.15) is 0 Å². The quantitative estimate of drug-likeness (QED) is 0.789. The first kappa shape index (κ1) is 10.7. The number of hydrogen-bond donors (Lipinski definition) is 1. The molecule has 0 radical (unpaired) electrons. The van der Waals surface area contributed by atoms with Gasteiger partial charge in [0.25, 0.3) is 0 Å². The summed E-state index contributed by atoms with van der Waals surface area (Å²) in [6, 6.07) is 8.02. The summed E-state index contributed by atoms with van der Waals surface area (Å²) in [6.45, 7) is -0.383. The number of carboxylic acid groups (broad SMARTS) is 1. The molecule has 0 unspecified atom stereocenters. The minimum Gasteiger partial charge on any atom is -0.479 e. The molecule has 0 bridgehead atoms. The molecule has 1 aromatic rings. The first-order chi connectivity index (χ1) is 7.77. The predicted molar refractivity (Wildman–Crippen MR) is 59.5 cm³/mol. The molecule has 16 heavy (non-hydrogen) atoms. The maximum Gasteiger partial charge on any atom is 0.344 e. The highest BCUT2D eigenvalue weighted by atomic mass is 16.6. The lowest BCUT2D eigenvalue weighted by Crippen LogP contribution is -2.13. The molecule has 0 fully saturated rings. The van der Waals surface area contributed by atoms with Crippen molar-refractivity contribution in [3.63, 3.8) is 0 Å². The zero-order chi connectivity index (χ0) is 11.4. The number of benzene rings is 1. The normalized spacial score (nSPS) is 16.9. The third-order valence-electron chi connectivity index (χ3n) is 2.55. The Balaban J connectivity index is 2.15. The highest BCUT2D eigenvalue weighted by Gasteiger charge is 2.15. The zero-order valence-electron chi connectivity index (χ0n) is 8.85. The molecule has 0 aromatic heterocycles. The van der Waals surface area contributed by atoms with Crippen LogP contribution in [0.4, 0.5) is 0 Å². The number of carboxylic acids is 1. The number of fused-ring (bicyclic) bond motifs is 1. The van der Waals surface area contributed by atoms with Crippen LogP contribution in [0.1, 0.15) is 24.0 Å². The van der Waals surface area contributed by atoms with E-state index in [9.17, 15) is 4.79 Å². The monoisotopic (exact) mass is 219 g/mol. The van der Waals surface area contributed by atoms with Gasteiger partial charge in [-0.25, -0.2) is 4.79 Å². The second-order valence-corrected chi connectivity index (χ2v) is 3.72. The van der Waals surface area contributed by atoms with Crippen LogP contribution in [0.3, 0.4) is 0 Å². The standard InChI is InChI=1S/C12H13NO3/c14-12(15)8-16-13-11-7-3-5-9-4-1-2-6-10(9)11/h1-2,4,6H,3,5,7-8H2,(H,14,15). The Morgan fingerprint density at radius 1 is 1.38 bits per heavy atom. The predicted octanol–water partition coefficient (Wildman–Crippen LogP) is 1.83. The van der Waals surface area contributed by atoms with Crippen LogP contribution in [-0.2, 0) is 16.1 Å². The van der Waals surface area contributed by atoms with Crippen LogP contribution in [0.25, 0.3) is 0 Å². The molecule has 4 heteroatoms. The third-order valence-corrected chi connectivity index (χ3v) is 2.55. The fourth-order valence-corrected chi connectivity index (χ4v) is 1.86. The lowest BCUT2D eigenvalue weighted by Gasteiger charge is -2.16. The smallest absolute Gasteiger partial charge is 0.344 e. The molecule has 1 aliphatic carbocycles. The van der Waals surface area contributed by atoms with Gasteiger partial charge in [-0.15, -0.1) is 0 Å². The van der Waals surface area contributed by atoms with Crippen LogP contribution in [0.2, 0.25) is 0 Å². The van der Waals surface area contributed by atoms with Gasteiger partial charge in [0.05, 0.1) is 5.71 Å². The van der Waals surface area contributed by atoms with E-state index in [4.69, 9.17) is 9.94 Å². The van der Waals surface area contributed by atoms with E-state index in [0.717, 1.165) is 30.5 Å². The molecule has 0 spiro atoms. The van der Waals surface area contributed by atoms with Crippen molar-refractivity contribution in [2.24, 2.45) is 5.16 Å². The van der Waals surface area contributed by atoms with Crippen LogP contribution >= 0.6 is 0 Å². The first-order valence-corrected chi connectivity index (χ1v) is 5.26. The van der Waals surface area contributed by atoms with Crippen LogP contribution in [0.5, 0.6) is 0 Å². The van der Waals surface area contributed by atoms with Crippen molar-refractivity contribution in [2.45, 2.75) is 19.3 Å². The third kappa shape index (κ3) is 2.39. The Morgan fingerprint density at radius 3 is 3.00 bits per heavy atom. The molecule has 0 saturated carbocycles. The second kappa shape index (κ2) is 4.79. The molecule has 0 amide bonds. The Labute approximate surface area is 93.5 Å². The van der Waals surface area contributed by atoms with Gasteiger partial charge in [-0.3, -0.25) is 0 Å². The number of hydrogen-bond acceptors (Lipinski definition) is 3. The minimum atomic E-state index is -1.01. The van der Waals surface area contributed by atoms with E-state index >= 15 is 0 Å². The average Bonchev–Trinajstić information content (AvgIpc) is 2.29. The van der Waals surface area contributed by atoms with Gasteiger partial charge in [-0.05, 0) is 24.8 Å². The van der Waals surface area contributed by atoms with Gasteiger partial charge in [0, 0.05) is 5.56 Å². The maximum absolute atomic E-state index is 10.3. The molecule has 0 atom stereocenters. The lowest BCUT2D eigenvalue weighted by atomic mass is 9.90. The van der Waals surface area contributed by atoms with Crippen molar-refractivity contribution >= 4 is 11.7 Å². The average molecular weight is 219 g/mol. The summed E-state index contributed by atoms with van der Waals surface area (Å²) in [6.07, 6.45) is 2.93. The molecule has 1 aliphatic rings. The van der Waals surface area contributed by atoms with Crippen molar-refractivity contribution in [3.8, 4) is 0 Å². The van der Waals surface area contributed by atoms with E-state index in [2.05, 4.69) is 11.2 Å². The number of nitrogens with zero attached hydrogens (tertiary/aromatic N) is 1. The largest absolute Gasteiger partial charge is 0.479 e. The molecule has 0 heterocycles. The fourth-order valence-electron chi connectivity index (χ4n) is 1.86. The van der Waals surface area contributed by atoms with E-state index in [1.54, 1.807) is 0 Å². The molecule has 84 valence electrons. The summed E-state index contributed by atoms with van der Waals surface area (Å²) in [5.41, 5.74) is 3.19. The molecule has 0 aliphatic heterocycles. The molecular weight excluding hydrogens is 206 g/mol. The lowest BCUT2D eigenvalue weighted by molar-refractivity contribution is -0.142. The van der Waals surface area contributed by atoms with Crippen molar-refractivity contribution < 1.29 is 14.7 Å². The van der Waals surface area contributed by atoms with Gasteiger partial charge in [0.2, 0.25) is 6.61 Å². The summed E-state index contributed by atoms with van der Waals surface area (Å²) in [7, 11) is 0. The number of aliphatic carboxylic acids is 1. The van der Waals surface area contributed by atoms with Crippen LogP contribution in [0, 0.1) is 0 Å². The summed E-state index contributed by atoms with van der Waals surface area (Å²) < 4.78 is 0. The highest BCUT2D eigenvalue weighted by Crippen LogP contribution is 2.21. The van der Waals surface area contributed by atoms with Crippen molar-refractivity contribution in [3.05, 3.63) is 35.4 Å². The van der Waals surface area contributed by atoms with Crippen molar-refractivity contribution in [1.82, 2.24) is 0 Å². The van der Waals surface area contributed by atoms with E-state index in [1.807, 2.05) is 18.2 Å². The highest BCUT2D eigenvalue weighted by molar-refractivity contribution is 6.02. The van der Waals surface area contributed by atoms with Gasteiger partial charge >= 0.3 is 5.97 Å². The SMILES string of the molecule is O=C(O)CON=C1CCCc2ccccc21. The Morgan fingerprint density at radius 2 is 2.19 bits per heavy atom. The van der Waals surface area contributed by atoms with Crippen LogP contribution < -0.4 is 0 Å². The second-order valence-electron chi connectivity index (χ2n) is 3.72. The summed E-state index contributed by atoms with van der Waals surface area (Å²) in [5.74, 6) is -1.01. The molecule has 0 saturated heterocycles. The van der Waals surface area contributed by atoms with E-state index in [1.165, 1.54) is 5.56 Å². The summed E-state index contributed by atoms with van der Waals surface area (Å²) in [5, 5.41) is 12.3. The molecular formula is C12H13NO3. The van der Waals surface area contributed by atoms with E-state index in [0.29, 0.717) is 0 Å². The molecule has 4 nitrogen and oxygen atoms in total. The van der Waals surface area contributed by atoms with E-state index < -0.39 is 5.97 Å². The summed E-state index contributed by atoms with van der Waals surface area (Å²) >= 11 is 0.